The van der Waals surface area contributed by atoms with Crippen LogP contribution in [0.4, 0.5) is 17.6 Å². The number of fused-ring (bicyclic) bond motifs is 1. The summed E-state index contributed by atoms with van der Waals surface area (Å²) in [6, 6.07) is 16.7. The van der Waals surface area contributed by atoms with Crippen molar-refractivity contribution in [2.45, 2.75) is 38.1 Å². The first-order valence-electron chi connectivity index (χ1n) is 11.9. The largest absolute Gasteiger partial charge is 0.573 e. The van der Waals surface area contributed by atoms with Crippen molar-refractivity contribution < 1.29 is 27.1 Å². The number of carbonyl (C=O) groups is 1. The van der Waals surface area contributed by atoms with Crippen LogP contribution in [0.1, 0.15) is 45.8 Å². The van der Waals surface area contributed by atoms with Crippen LogP contribution >= 0.6 is 11.6 Å². The van der Waals surface area contributed by atoms with Crippen molar-refractivity contribution in [1.82, 2.24) is 9.88 Å². The average molecular weight is 531 g/mol. The number of nitrogens with zero attached hydrogens (tertiary/aromatic N) is 1. The van der Waals surface area contributed by atoms with Gasteiger partial charge in [-0.25, -0.2) is 4.39 Å². The number of hydrogen-bond donors (Lipinski definition) is 1. The summed E-state index contributed by atoms with van der Waals surface area (Å²) in [6.45, 7) is 0.323. The van der Waals surface area contributed by atoms with Gasteiger partial charge in [-0.2, -0.15) is 0 Å². The van der Waals surface area contributed by atoms with Crippen molar-refractivity contribution in [3.8, 4) is 5.75 Å². The Morgan fingerprint density at radius 2 is 1.81 bits per heavy atom. The van der Waals surface area contributed by atoms with E-state index < -0.39 is 18.1 Å². The Balaban J connectivity index is 1.43. The highest BCUT2D eigenvalue weighted by Crippen LogP contribution is 2.40. The van der Waals surface area contributed by atoms with Crippen LogP contribution in [0.3, 0.4) is 0 Å². The standard InChI is InChI=1S/C28H23ClF4N2O2/c29-23-15-21-10-12-34-26(21)24(25(23)30)27(36)35(16-18-4-6-19(7-5-18)20-8-9-20)13-11-17-2-1-3-22(14-17)37-28(31,32)33/h1-7,10,12,14-15,20,34H,8-9,11,13,16H2. The van der Waals surface area contributed by atoms with E-state index in [1.807, 2.05) is 24.3 Å². The Kier molecular flexibility index (Phi) is 6.86. The van der Waals surface area contributed by atoms with E-state index in [2.05, 4.69) is 9.72 Å². The highest BCUT2D eigenvalue weighted by atomic mass is 35.5. The van der Waals surface area contributed by atoms with Crippen molar-refractivity contribution in [1.29, 1.82) is 0 Å². The van der Waals surface area contributed by atoms with Gasteiger partial charge in [0.2, 0.25) is 0 Å². The Hall–Kier alpha value is -3.52. The highest BCUT2D eigenvalue weighted by Gasteiger charge is 2.31. The van der Waals surface area contributed by atoms with Gasteiger partial charge in [0.05, 0.1) is 10.5 Å². The predicted octanol–water partition coefficient (Wildman–Crippen LogP) is 7.62. The molecule has 0 spiro atoms. The Morgan fingerprint density at radius 1 is 1.05 bits per heavy atom. The van der Waals surface area contributed by atoms with Crippen LogP contribution in [-0.4, -0.2) is 28.7 Å². The average Bonchev–Trinajstić information content (AvgIpc) is 3.60. The molecule has 0 radical (unpaired) electrons. The summed E-state index contributed by atoms with van der Waals surface area (Å²) in [5, 5.41) is 0.432. The monoisotopic (exact) mass is 530 g/mol. The van der Waals surface area contributed by atoms with E-state index in [4.69, 9.17) is 11.6 Å². The quantitative estimate of drug-likeness (QED) is 0.238. The lowest BCUT2D eigenvalue weighted by Crippen LogP contribution is -2.33. The fraction of sp³-hybridized carbons (Fsp3) is 0.250. The smallest absolute Gasteiger partial charge is 0.406 e. The summed E-state index contributed by atoms with van der Waals surface area (Å²) in [5.41, 5.74) is 2.81. The SMILES string of the molecule is O=C(c1c(F)c(Cl)cc2cc[nH]c12)N(CCc1cccc(OC(F)(F)F)c1)Cc1ccc(C2CC2)cc1. The molecule has 4 nitrogen and oxygen atoms in total. The van der Waals surface area contributed by atoms with E-state index in [1.54, 1.807) is 18.3 Å². The molecule has 0 unspecified atom stereocenters. The van der Waals surface area contributed by atoms with E-state index in [0.717, 1.165) is 5.56 Å². The van der Waals surface area contributed by atoms with E-state index in [-0.39, 0.29) is 35.8 Å². The fourth-order valence-corrected chi connectivity index (χ4v) is 4.67. The molecule has 37 heavy (non-hydrogen) atoms. The van der Waals surface area contributed by atoms with Gasteiger partial charge in [-0.3, -0.25) is 4.79 Å². The minimum Gasteiger partial charge on any atom is -0.406 e. The normalized spacial score (nSPS) is 13.6. The maximum absolute atomic E-state index is 15.2. The number of amides is 1. The second-order valence-corrected chi connectivity index (χ2v) is 9.58. The lowest BCUT2D eigenvalue weighted by Gasteiger charge is -2.24. The van der Waals surface area contributed by atoms with Gasteiger partial charge in [0.15, 0.2) is 5.82 Å². The Labute approximate surface area is 215 Å². The first-order valence-corrected chi connectivity index (χ1v) is 12.2. The zero-order valence-corrected chi connectivity index (χ0v) is 20.4. The molecular weight excluding hydrogens is 508 g/mol. The number of halogens is 5. The third kappa shape index (κ3) is 5.91. The molecule has 3 aromatic carbocycles. The Bertz CT molecular complexity index is 1430. The minimum absolute atomic E-state index is 0.132. The highest BCUT2D eigenvalue weighted by molar-refractivity contribution is 6.32. The zero-order valence-electron chi connectivity index (χ0n) is 19.6. The minimum atomic E-state index is -4.81. The van der Waals surface area contributed by atoms with Gasteiger partial charge < -0.3 is 14.6 Å². The molecule has 1 aliphatic carbocycles. The molecule has 0 atom stereocenters. The summed E-state index contributed by atoms with van der Waals surface area (Å²) in [6.07, 6.45) is -0.636. The molecule has 1 aliphatic rings. The summed E-state index contributed by atoms with van der Waals surface area (Å²) in [7, 11) is 0. The Morgan fingerprint density at radius 3 is 2.51 bits per heavy atom. The second-order valence-electron chi connectivity index (χ2n) is 9.18. The maximum atomic E-state index is 15.2. The third-order valence-corrected chi connectivity index (χ3v) is 6.72. The summed E-state index contributed by atoms with van der Waals surface area (Å²) < 4.78 is 57.1. The molecule has 1 amide bonds. The molecule has 0 saturated heterocycles. The summed E-state index contributed by atoms with van der Waals surface area (Å²) in [5.74, 6) is -1.15. The molecule has 9 heteroatoms. The van der Waals surface area contributed by atoms with Crippen molar-refractivity contribution >= 4 is 28.4 Å². The molecule has 1 aromatic heterocycles. The zero-order chi connectivity index (χ0) is 26.2. The topological polar surface area (TPSA) is 45.3 Å². The van der Waals surface area contributed by atoms with E-state index >= 15 is 4.39 Å². The number of ether oxygens (including phenoxy) is 1. The number of rotatable bonds is 8. The van der Waals surface area contributed by atoms with Crippen LogP contribution in [0.2, 0.25) is 5.02 Å². The molecule has 1 heterocycles. The number of aromatic amines is 1. The van der Waals surface area contributed by atoms with Crippen LogP contribution in [-0.2, 0) is 13.0 Å². The van der Waals surface area contributed by atoms with Gasteiger partial charge >= 0.3 is 6.36 Å². The molecular formula is C28H23ClF4N2O2. The maximum Gasteiger partial charge on any atom is 0.573 e. The van der Waals surface area contributed by atoms with Crippen LogP contribution in [0, 0.1) is 5.82 Å². The lowest BCUT2D eigenvalue weighted by atomic mass is 10.1. The lowest BCUT2D eigenvalue weighted by molar-refractivity contribution is -0.274. The van der Waals surface area contributed by atoms with Gasteiger partial charge in [0.25, 0.3) is 5.91 Å². The van der Waals surface area contributed by atoms with Crippen molar-refractivity contribution in [3.05, 3.63) is 100.0 Å². The number of nitrogens with one attached hydrogen (secondary N) is 1. The van der Waals surface area contributed by atoms with E-state index in [1.165, 1.54) is 47.6 Å². The van der Waals surface area contributed by atoms with Crippen LogP contribution < -0.4 is 4.74 Å². The van der Waals surface area contributed by atoms with Crippen LogP contribution in [0.5, 0.6) is 5.75 Å². The molecule has 192 valence electrons. The summed E-state index contributed by atoms with van der Waals surface area (Å²) >= 11 is 6.09. The van der Waals surface area contributed by atoms with Gasteiger partial charge in [-0.15, -0.1) is 13.2 Å². The number of carbonyl (C=O) groups excluding carboxylic acids is 1. The van der Waals surface area contributed by atoms with Crippen molar-refractivity contribution in [2.75, 3.05) is 6.54 Å². The molecule has 1 N–H and O–H groups in total. The molecule has 5 rings (SSSR count). The van der Waals surface area contributed by atoms with E-state index in [0.29, 0.717) is 22.4 Å². The molecule has 1 saturated carbocycles. The number of aromatic nitrogens is 1. The number of alkyl halides is 3. The molecule has 0 bridgehead atoms. The van der Waals surface area contributed by atoms with E-state index in [9.17, 15) is 18.0 Å². The molecule has 0 aliphatic heterocycles. The van der Waals surface area contributed by atoms with Gasteiger partial charge in [-0.05, 0) is 66.1 Å². The first-order chi connectivity index (χ1) is 17.7. The second kappa shape index (κ2) is 10.1. The third-order valence-electron chi connectivity index (χ3n) is 6.45. The molecule has 4 aromatic rings. The summed E-state index contributed by atoms with van der Waals surface area (Å²) in [4.78, 5) is 18.1. The fourth-order valence-electron chi connectivity index (χ4n) is 4.45. The molecule has 1 fully saturated rings. The first kappa shape index (κ1) is 25.1. The van der Waals surface area contributed by atoms with Crippen LogP contribution in [0.25, 0.3) is 10.9 Å². The predicted molar refractivity (Wildman–Crippen MR) is 133 cm³/mol. The van der Waals surface area contributed by atoms with Gasteiger partial charge in [0.1, 0.15) is 11.3 Å². The number of H-pyrrole nitrogens is 1. The number of hydrogen-bond acceptors (Lipinski definition) is 2. The van der Waals surface area contributed by atoms with Gasteiger partial charge in [-0.1, -0.05) is 48.0 Å². The van der Waals surface area contributed by atoms with Crippen molar-refractivity contribution in [3.63, 3.8) is 0 Å². The van der Waals surface area contributed by atoms with Gasteiger partial charge in [0, 0.05) is 24.7 Å². The van der Waals surface area contributed by atoms with Crippen LogP contribution in [0.15, 0.2) is 66.9 Å². The number of benzene rings is 3. The van der Waals surface area contributed by atoms with Crippen molar-refractivity contribution in [2.24, 2.45) is 0 Å².